The van der Waals surface area contributed by atoms with Crippen molar-refractivity contribution >= 4 is 23.4 Å². The average Bonchev–Trinajstić information content (AvgIpc) is 2.94. The fraction of sp³-hybridized carbons (Fsp3) is 0.345. The van der Waals surface area contributed by atoms with E-state index in [1.54, 1.807) is 24.3 Å². The van der Waals surface area contributed by atoms with Crippen LogP contribution in [0.5, 0.6) is 0 Å². The topological polar surface area (TPSA) is 65.6 Å². The molecule has 36 heavy (non-hydrogen) atoms. The SMILES string of the molecule is CCN(CC)CCOC(=O)c1ccc(NCl)cc1.c1ccc(CNCCNCc2ccccc2)cc1. The number of nitrogens with zero attached hydrogens (tertiary/aromatic N) is 1. The van der Waals surface area contributed by atoms with Crippen molar-refractivity contribution in [2.24, 2.45) is 0 Å². The van der Waals surface area contributed by atoms with Gasteiger partial charge in [-0.1, -0.05) is 74.5 Å². The van der Waals surface area contributed by atoms with Gasteiger partial charge in [0.25, 0.3) is 0 Å². The van der Waals surface area contributed by atoms with Crippen molar-refractivity contribution in [1.29, 1.82) is 0 Å². The Morgan fingerprint density at radius 3 is 1.72 bits per heavy atom. The zero-order chi connectivity index (χ0) is 25.8. The largest absolute Gasteiger partial charge is 0.461 e. The summed E-state index contributed by atoms with van der Waals surface area (Å²) in [5.41, 5.74) is 3.95. The number of anilines is 1. The van der Waals surface area contributed by atoms with Gasteiger partial charge < -0.3 is 20.3 Å². The molecule has 0 aliphatic carbocycles. The average molecular weight is 511 g/mol. The molecule has 0 unspecified atom stereocenters. The number of carbonyl (C=O) groups excluding carboxylic acids is 1. The van der Waals surface area contributed by atoms with Gasteiger partial charge in [0.2, 0.25) is 0 Å². The molecule has 3 N–H and O–H groups in total. The van der Waals surface area contributed by atoms with Crippen LogP contribution in [0.4, 0.5) is 5.69 Å². The third-order valence-electron chi connectivity index (χ3n) is 5.59. The van der Waals surface area contributed by atoms with E-state index in [9.17, 15) is 4.79 Å². The zero-order valence-corrected chi connectivity index (χ0v) is 22.1. The van der Waals surface area contributed by atoms with E-state index in [0.717, 1.165) is 51.5 Å². The summed E-state index contributed by atoms with van der Waals surface area (Å²) in [5.74, 6) is -0.303. The maximum Gasteiger partial charge on any atom is 0.338 e. The highest BCUT2D eigenvalue weighted by Crippen LogP contribution is 2.11. The number of carbonyl (C=O) groups is 1. The Hall–Kier alpha value is -2.90. The Labute approximate surface area is 221 Å². The summed E-state index contributed by atoms with van der Waals surface area (Å²) in [6, 6.07) is 27.8. The molecule has 0 fully saturated rings. The molecule has 194 valence electrons. The van der Waals surface area contributed by atoms with Gasteiger partial charge in [-0.05, 0) is 48.5 Å². The Morgan fingerprint density at radius 1 is 0.778 bits per heavy atom. The lowest BCUT2D eigenvalue weighted by Gasteiger charge is -2.17. The summed E-state index contributed by atoms with van der Waals surface area (Å²) >= 11 is 5.44. The van der Waals surface area contributed by atoms with E-state index < -0.39 is 0 Å². The van der Waals surface area contributed by atoms with E-state index in [4.69, 9.17) is 16.5 Å². The number of hydrogen-bond acceptors (Lipinski definition) is 6. The molecule has 0 aliphatic rings. The smallest absolute Gasteiger partial charge is 0.338 e. The van der Waals surface area contributed by atoms with Crippen LogP contribution in [0.25, 0.3) is 0 Å². The van der Waals surface area contributed by atoms with Crippen LogP contribution in [0.15, 0.2) is 84.9 Å². The fourth-order valence-electron chi connectivity index (χ4n) is 3.39. The van der Waals surface area contributed by atoms with E-state index in [0.29, 0.717) is 12.2 Å². The van der Waals surface area contributed by atoms with Crippen LogP contribution in [0.2, 0.25) is 0 Å². The van der Waals surface area contributed by atoms with Gasteiger partial charge in [0.15, 0.2) is 0 Å². The first-order valence-corrected chi connectivity index (χ1v) is 12.9. The molecule has 0 aromatic heterocycles. The van der Waals surface area contributed by atoms with Crippen LogP contribution >= 0.6 is 11.8 Å². The van der Waals surface area contributed by atoms with Gasteiger partial charge in [0.05, 0.1) is 5.56 Å². The van der Waals surface area contributed by atoms with Crippen molar-refractivity contribution in [1.82, 2.24) is 15.5 Å². The highest BCUT2D eigenvalue weighted by Gasteiger charge is 2.07. The molecule has 0 radical (unpaired) electrons. The minimum Gasteiger partial charge on any atom is -0.461 e. The molecule has 0 saturated heterocycles. The highest BCUT2D eigenvalue weighted by atomic mass is 35.5. The summed E-state index contributed by atoms with van der Waals surface area (Å²) < 4.78 is 5.20. The molecule has 6 nitrogen and oxygen atoms in total. The van der Waals surface area contributed by atoms with Gasteiger partial charge in [-0.15, -0.1) is 0 Å². The third kappa shape index (κ3) is 12.2. The van der Waals surface area contributed by atoms with Gasteiger partial charge in [0, 0.05) is 50.2 Å². The number of halogens is 1. The fourth-order valence-corrected chi connectivity index (χ4v) is 3.52. The van der Waals surface area contributed by atoms with Gasteiger partial charge >= 0.3 is 5.97 Å². The number of nitrogens with one attached hydrogen (secondary N) is 3. The van der Waals surface area contributed by atoms with Crippen molar-refractivity contribution in [3.63, 3.8) is 0 Å². The number of rotatable bonds is 14. The molecule has 0 amide bonds. The summed E-state index contributed by atoms with van der Waals surface area (Å²) in [7, 11) is 0. The van der Waals surface area contributed by atoms with Crippen molar-refractivity contribution in [2.45, 2.75) is 26.9 Å². The second-order valence-electron chi connectivity index (χ2n) is 8.16. The third-order valence-corrected chi connectivity index (χ3v) is 5.81. The van der Waals surface area contributed by atoms with Crippen molar-refractivity contribution in [2.75, 3.05) is 44.2 Å². The normalized spacial score (nSPS) is 10.4. The van der Waals surface area contributed by atoms with Crippen LogP contribution in [-0.4, -0.2) is 50.2 Å². The lowest BCUT2D eigenvalue weighted by molar-refractivity contribution is 0.0466. The van der Waals surface area contributed by atoms with Crippen LogP contribution in [0.1, 0.15) is 35.3 Å². The van der Waals surface area contributed by atoms with Gasteiger partial charge in [-0.2, -0.15) is 0 Å². The second-order valence-corrected chi connectivity index (χ2v) is 8.35. The monoisotopic (exact) mass is 510 g/mol. The Morgan fingerprint density at radius 2 is 1.28 bits per heavy atom. The predicted octanol–water partition coefficient (Wildman–Crippen LogP) is 5.32. The minimum atomic E-state index is -0.303. The number of ether oxygens (including phenoxy) is 1. The van der Waals surface area contributed by atoms with E-state index in [-0.39, 0.29) is 5.97 Å². The van der Waals surface area contributed by atoms with E-state index in [1.165, 1.54) is 11.1 Å². The summed E-state index contributed by atoms with van der Waals surface area (Å²) in [5, 5.41) is 6.85. The summed E-state index contributed by atoms with van der Waals surface area (Å²) in [6.45, 7) is 11.1. The number of hydrogen-bond donors (Lipinski definition) is 3. The molecule has 3 aromatic rings. The van der Waals surface area contributed by atoms with Crippen LogP contribution in [0, 0.1) is 0 Å². The van der Waals surface area contributed by atoms with Crippen LogP contribution in [-0.2, 0) is 17.8 Å². The second kappa shape index (κ2) is 18.4. The summed E-state index contributed by atoms with van der Waals surface area (Å²) in [6.07, 6.45) is 0. The minimum absolute atomic E-state index is 0.303. The van der Waals surface area contributed by atoms with Crippen molar-refractivity contribution in [3.05, 3.63) is 102 Å². The molecule has 0 spiro atoms. The molecule has 3 aromatic carbocycles. The van der Waals surface area contributed by atoms with Crippen LogP contribution in [0.3, 0.4) is 0 Å². The van der Waals surface area contributed by atoms with E-state index >= 15 is 0 Å². The molecule has 0 heterocycles. The van der Waals surface area contributed by atoms with Crippen molar-refractivity contribution in [3.8, 4) is 0 Å². The van der Waals surface area contributed by atoms with Gasteiger partial charge in [-0.25, -0.2) is 4.79 Å². The number of benzene rings is 3. The Kier molecular flexibility index (Phi) is 15.0. The Bertz CT molecular complexity index is 909. The maximum atomic E-state index is 11.7. The quantitative estimate of drug-likeness (QED) is 0.155. The molecular formula is C29H39ClN4O2. The van der Waals surface area contributed by atoms with E-state index in [2.05, 4.69) is 82.7 Å². The van der Waals surface area contributed by atoms with E-state index in [1.807, 2.05) is 12.1 Å². The Balaban J connectivity index is 0.000000254. The first kappa shape index (κ1) is 29.3. The molecule has 0 saturated carbocycles. The summed E-state index contributed by atoms with van der Waals surface area (Å²) in [4.78, 5) is 16.4. The lowest BCUT2D eigenvalue weighted by atomic mass is 10.2. The molecular weight excluding hydrogens is 472 g/mol. The lowest BCUT2D eigenvalue weighted by Crippen LogP contribution is -2.27. The molecule has 0 aliphatic heterocycles. The van der Waals surface area contributed by atoms with Gasteiger partial charge in [0.1, 0.15) is 6.61 Å². The first-order chi connectivity index (χ1) is 17.7. The molecule has 0 bridgehead atoms. The maximum absolute atomic E-state index is 11.7. The molecule has 0 atom stereocenters. The standard InChI is InChI=1S/C16H20N2.C13H19ClN2O2/c1-3-7-15(8-4-1)13-17-11-12-18-14-16-9-5-2-6-10-16;1-3-16(4-2)9-10-18-13(17)11-5-7-12(15-14)8-6-11/h1-10,17-18H,11-14H2;5-8,15H,3-4,9-10H2,1-2H3. The van der Waals surface area contributed by atoms with Crippen molar-refractivity contribution < 1.29 is 9.53 Å². The predicted molar refractivity (Wildman–Crippen MR) is 150 cm³/mol. The molecule has 3 rings (SSSR count). The van der Waals surface area contributed by atoms with Crippen LogP contribution < -0.4 is 15.5 Å². The number of likely N-dealkylation sites (N-methyl/N-ethyl adjacent to an activating group) is 1. The first-order valence-electron chi connectivity index (χ1n) is 12.5. The molecule has 7 heteroatoms. The zero-order valence-electron chi connectivity index (χ0n) is 21.4. The highest BCUT2D eigenvalue weighted by molar-refractivity contribution is 6.23. The number of esters is 1. The van der Waals surface area contributed by atoms with Gasteiger partial charge in [-0.3, -0.25) is 4.84 Å².